The summed E-state index contributed by atoms with van der Waals surface area (Å²) in [5.74, 6) is 1.51. The average molecular weight is 404 g/mol. The molecule has 2 atom stereocenters. The second-order valence-corrected chi connectivity index (χ2v) is 8.04. The first-order valence-corrected chi connectivity index (χ1v) is 10.0. The molecular formula is C22H24N6O2. The fraction of sp³-hybridized carbons (Fsp3) is 0.318. The number of fused-ring (bicyclic) bond motifs is 2. The lowest BCUT2D eigenvalue weighted by molar-refractivity contribution is -0.119. The summed E-state index contributed by atoms with van der Waals surface area (Å²) >= 11 is 0. The molecule has 1 unspecified atom stereocenters. The van der Waals surface area contributed by atoms with Crippen molar-refractivity contribution >= 4 is 33.5 Å². The third-order valence-corrected chi connectivity index (χ3v) is 5.90. The highest BCUT2D eigenvalue weighted by atomic mass is 16.5. The zero-order valence-electron chi connectivity index (χ0n) is 17.2. The van der Waals surface area contributed by atoms with Gasteiger partial charge in [0.05, 0.1) is 16.4 Å². The predicted octanol–water partition coefficient (Wildman–Crippen LogP) is 2.61. The number of nitrogen functional groups attached to an aromatic ring is 1. The standard InChI is InChI=1S/C22H24N6O2/c1-12(15-9-21(29)24-10-15)30-20-8-14(7-18-17(20)11-27(2)25-18)13-4-5-19-16(6-13)22(23)26-28(19)3/h4-8,11-12,15H,9-10H2,1-3H3,(H2,23,26)(H,24,29)/t12?,15-/m1/s1. The highest BCUT2D eigenvalue weighted by Crippen LogP contribution is 2.35. The summed E-state index contributed by atoms with van der Waals surface area (Å²) in [5, 5.41) is 13.7. The van der Waals surface area contributed by atoms with Gasteiger partial charge in [0.1, 0.15) is 11.9 Å². The maximum absolute atomic E-state index is 11.6. The van der Waals surface area contributed by atoms with Crippen LogP contribution in [0.5, 0.6) is 5.75 Å². The molecule has 2 aromatic heterocycles. The van der Waals surface area contributed by atoms with E-state index >= 15 is 0 Å². The van der Waals surface area contributed by atoms with Gasteiger partial charge in [-0.25, -0.2) is 0 Å². The van der Waals surface area contributed by atoms with Crippen molar-refractivity contribution < 1.29 is 9.53 Å². The molecular weight excluding hydrogens is 380 g/mol. The van der Waals surface area contributed by atoms with Crippen LogP contribution < -0.4 is 15.8 Å². The average Bonchev–Trinajstić information content (AvgIpc) is 3.39. The third kappa shape index (κ3) is 3.04. The number of benzene rings is 2. The van der Waals surface area contributed by atoms with Crippen LogP contribution in [0.2, 0.25) is 0 Å². The number of rotatable bonds is 4. The zero-order chi connectivity index (χ0) is 21.0. The Labute approximate surface area is 173 Å². The van der Waals surface area contributed by atoms with Gasteiger partial charge >= 0.3 is 0 Å². The van der Waals surface area contributed by atoms with Crippen molar-refractivity contribution in [1.82, 2.24) is 24.9 Å². The van der Waals surface area contributed by atoms with Gasteiger partial charge in [-0.15, -0.1) is 0 Å². The van der Waals surface area contributed by atoms with Crippen molar-refractivity contribution in [3.63, 3.8) is 0 Å². The lowest BCUT2D eigenvalue weighted by Gasteiger charge is -2.20. The number of aromatic nitrogens is 4. The maximum atomic E-state index is 11.6. The van der Waals surface area contributed by atoms with E-state index in [0.717, 1.165) is 38.7 Å². The van der Waals surface area contributed by atoms with E-state index in [2.05, 4.69) is 33.7 Å². The minimum absolute atomic E-state index is 0.0816. The number of nitrogens with zero attached hydrogens (tertiary/aromatic N) is 4. The molecule has 1 saturated heterocycles. The second kappa shape index (κ2) is 6.76. The fourth-order valence-corrected chi connectivity index (χ4v) is 4.20. The first kappa shape index (κ1) is 18.5. The summed E-state index contributed by atoms with van der Waals surface area (Å²) < 4.78 is 9.93. The molecule has 154 valence electrons. The first-order chi connectivity index (χ1) is 14.4. The molecule has 0 saturated carbocycles. The molecule has 4 aromatic rings. The molecule has 1 fully saturated rings. The summed E-state index contributed by atoms with van der Waals surface area (Å²) in [6.45, 7) is 2.66. The van der Waals surface area contributed by atoms with Gasteiger partial charge in [0.15, 0.2) is 5.82 Å². The Morgan fingerprint density at radius 3 is 2.77 bits per heavy atom. The van der Waals surface area contributed by atoms with E-state index in [1.165, 1.54) is 0 Å². The molecule has 0 radical (unpaired) electrons. The quantitative estimate of drug-likeness (QED) is 0.545. The van der Waals surface area contributed by atoms with Gasteiger partial charge in [-0.05, 0) is 42.3 Å². The van der Waals surface area contributed by atoms with Crippen LogP contribution in [-0.4, -0.2) is 38.1 Å². The summed E-state index contributed by atoms with van der Waals surface area (Å²) in [6, 6.07) is 10.2. The predicted molar refractivity (Wildman–Crippen MR) is 116 cm³/mol. The van der Waals surface area contributed by atoms with E-state index in [0.29, 0.717) is 18.8 Å². The number of nitrogens with two attached hydrogens (primary N) is 1. The molecule has 1 aliphatic heterocycles. The number of amides is 1. The van der Waals surface area contributed by atoms with Crippen molar-refractivity contribution in [2.75, 3.05) is 12.3 Å². The Hall–Kier alpha value is -3.55. The molecule has 0 aliphatic carbocycles. The molecule has 8 heteroatoms. The van der Waals surface area contributed by atoms with Crippen LogP contribution in [0.3, 0.4) is 0 Å². The summed E-state index contributed by atoms with van der Waals surface area (Å²) in [6.07, 6.45) is 2.36. The van der Waals surface area contributed by atoms with Gasteiger partial charge in [-0.2, -0.15) is 10.2 Å². The lowest BCUT2D eigenvalue weighted by Crippen LogP contribution is -2.25. The number of carbonyl (C=O) groups excluding carboxylic acids is 1. The van der Waals surface area contributed by atoms with E-state index in [1.54, 1.807) is 9.36 Å². The van der Waals surface area contributed by atoms with Crippen LogP contribution in [0, 0.1) is 5.92 Å². The highest BCUT2D eigenvalue weighted by Gasteiger charge is 2.28. The largest absolute Gasteiger partial charge is 0.490 e. The van der Waals surface area contributed by atoms with Gasteiger partial charge in [0, 0.05) is 44.6 Å². The fourth-order valence-electron chi connectivity index (χ4n) is 4.20. The molecule has 30 heavy (non-hydrogen) atoms. The minimum atomic E-state index is -0.0981. The summed E-state index contributed by atoms with van der Waals surface area (Å²) in [4.78, 5) is 11.6. The van der Waals surface area contributed by atoms with Crippen molar-refractivity contribution in [2.24, 2.45) is 20.0 Å². The second-order valence-electron chi connectivity index (χ2n) is 8.04. The van der Waals surface area contributed by atoms with E-state index in [1.807, 2.05) is 39.3 Å². The summed E-state index contributed by atoms with van der Waals surface area (Å²) in [7, 11) is 3.78. The maximum Gasteiger partial charge on any atom is 0.220 e. The molecule has 0 bridgehead atoms. The number of hydrogen-bond donors (Lipinski definition) is 2. The molecule has 8 nitrogen and oxygen atoms in total. The van der Waals surface area contributed by atoms with Gasteiger partial charge < -0.3 is 15.8 Å². The molecule has 5 rings (SSSR count). The number of carbonyl (C=O) groups is 1. The zero-order valence-corrected chi connectivity index (χ0v) is 17.2. The van der Waals surface area contributed by atoms with E-state index < -0.39 is 0 Å². The van der Waals surface area contributed by atoms with Crippen molar-refractivity contribution in [3.8, 4) is 16.9 Å². The third-order valence-electron chi connectivity index (χ3n) is 5.90. The molecule has 0 spiro atoms. The SMILES string of the molecule is CC(Oc1cc(-c2ccc3c(c2)c(N)nn3C)cc2nn(C)cc12)[C@H]1CNC(=O)C1. The Kier molecular flexibility index (Phi) is 4.16. The van der Waals surface area contributed by atoms with Crippen LogP contribution in [-0.2, 0) is 18.9 Å². The number of hydrogen-bond acceptors (Lipinski definition) is 5. The molecule has 1 amide bonds. The first-order valence-electron chi connectivity index (χ1n) is 10.0. The van der Waals surface area contributed by atoms with E-state index in [4.69, 9.17) is 10.5 Å². The lowest BCUT2D eigenvalue weighted by atomic mass is 10.0. The summed E-state index contributed by atoms with van der Waals surface area (Å²) in [5.41, 5.74) is 9.95. The number of aryl methyl sites for hydroxylation is 2. The van der Waals surface area contributed by atoms with Crippen molar-refractivity contribution in [2.45, 2.75) is 19.4 Å². The normalized spacial score (nSPS) is 17.6. The highest BCUT2D eigenvalue weighted by molar-refractivity contribution is 5.95. The van der Waals surface area contributed by atoms with E-state index in [-0.39, 0.29) is 17.9 Å². The Bertz CT molecular complexity index is 1290. The topological polar surface area (TPSA) is 100.0 Å². The van der Waals surface area contributed by atoms with Gasteiger partial charge in [0.25, 0.3) is 0 Å². The van der Waals surface area contributed by atoms with E-state index in [9.17, 15) is 4.79 Å². The van der Waals surface area contributed by atoms with Crippen molar-refractivity contribution in [3.05, 3.63) is 36.5 Å². The van der Waals surface area contributed by atoms with Gasteiger partial charge in [-0.3, -0.25) is 14.2 Å². The van der Waals surface area contributed by atoms with Crippen LogP contribution in [0.1, 0.15) is 13.3 Å². The number of ether oxygens (including phenoxy) is 1. The van der Waals surface area contributed by atoms with Crippen molar-refractivity contribution in [1.29, 1.82) is 0 Å². The number of anilines is 1. The minimum Gasteiger partial charge on any atom is -0.490 e. The molecule has 3 N–H and O–H groups in total. The smallest absolute Gasteiger partial charge is 0.220 e. The molecule has 3 heterocycles. The molecule has 2 aromatic carbocycles. The Morgan fingerprint density at radius 1 is 1.17 bits per heavy atom. The monoisotopic (exact) mass is 404 g/mol. The Morgan fingerprint density at radius 2 is 2.00 bits per heavy atom. The van der Waals surface area contributed by atoms with Crippen LogP contribution >= 0.6 is 0 Å². The van der Waals surface area contributed by atoms with Gasteiger partial charge in [0.2, 0.25) is 5.91 Å². The van der Waals surface area contributed by atoms with Crippen LogP contribution in [0.25, 0.3) is 32.9 Å². The molecule has 1 aliphatic rings. The van der Waals surface area contributed by atoms with Gasteiger partial charge in [-0.1, -0.05) is 6.07 Å². The number of nitrogens with one attached hydrogen (secondary N) is 1. The van der Waals surface area contributed by atoms with Crippen LogP contribution in [0.4, 0.5) is 5.82 Å². The Balaban J connectivity index is 1.58. The van der Waals surface area contributed by atoms with Crippen LogP contribution in [0.15, 0.2) is 36.5 Å².